The van der Waals surface area contributed by atoms with Crippen LogP contribution in [0.4, 0.5) is 4.79 Å². The zero-order valence-electron chi connectivity index (χ0n) is 18.5. The van der Waals surface area contributed by atoms with Crippen LogP contribution in [0.5, 0.6) is 11.5 Å². The molecule has 0 unspecified atom stereocenters. The zero-order chi connectivity index (χ0) is 23.3. The molecule has 0 bridgehead atoms. The number of likely N-dealkylation sites (N-methyl/N-ethyl adjacent to an activating group) is 1. The number of ether oxygens (including phenoxy) is 3. The number of Topliss-reactive ketones (excluding diaryl/α,β-unsaturated/α-hetero) is 1. The lowest BCUT2D eigenvalue weighted by atomic mass is 9.94. The first-order valence-electron chi connectivity index (χ1n) is 10.2. The third-order valence-electron chi connectivity index (χ3n) is 5.16. The van der Waals surface area contributed by atoms with Crippen LogP contribution in [0.15, 0.2) is 59.8 Å². The maximum atomic E-state index is 12.9. The SMILES string of the molecule is CCOC(=O)C1=C(COc2ccc(C(C)=O)cc2)N(C)C(=O)N[C@H]1c1ccc(OC)cc1. The van der Waals surface area contributed by atoms with Crippen LogP contribution in [0.1, 0.15) is 35.8 Å². The molecule has 0 fully saturated rings. The third-order valence-corrected chi connectivity index (χ3v) is 5.16. The van der Waals surface area contributed by atoms with Crippen LogP contribution in [0.3, 0.4) is 0 Å². The van der Waals surface area contributed by atoms with Crippen molar-refractivity contribution in [1.29, 1.82) is 0 Å². The van der Waals surface area contributed by atoms with E-state index in [0.29, 0.717) is 33.9 Å². The highest BCUT2D eigenvalue weighted by Gasteiger charge is 2.37. The monoisotopic (exact) mass is 438 g/mol. The summed E-state index contributed by atoms with van der Waals surface area (Å²) in [5.74, 6) is 0.582. The molecule has 0 radical (unpaired) electrons. The standard InChI is InChI=1S/C24H26N2O6/c1-5-31-23(28)21-20(14-32-19-12-6-16(7-13-19)15(2)27)26(3)24(29)25-22(21)17-8-10-18(30-4)11-9-17/h6-13,22H,5,14H2,1-4H3,(H,25,29)/t22-/m0/s1. The minimum Gasteiger partial charge on any atom is -0.497 e. The lowest BCUT2D eigenvalue weighted by Crippen LogP contribution is -2.48. The Balaban J connectivity index is 1.97. The van der Waals surface area contributed by atoms with Gasteiger partial charge in [-0.3, -0.25) is 9.69 Å². The smallest absolute Gasteiger partial charge is 0.338 e. The van der Waals surface area contributed by atoms with Crippen LogP contribution in [0, 0.1) is 0 Å². The van der Waals surface area contributed by atoms with E-state index in [1.807, 2.05) is 0 Å². The molecular formula is C24H26N2O6. The van der Waals surface area contributed by atoms with Gasteiger partial charge in [-0.15, -0.1) is 0 Å². The summed E-state index contributed by atoms with van der Waals surface area (Å²) < 4.78 is 16.4. The van der Waals surface area contributed by atoms with E-state index >= 15 is 0 Å². The summed E-state index contributed by atoms with van der Waals surface area (Å²) in [5, 5.41) is 2.85. The Morgan fingerprint density at radius 3 is 2.22 bits per heavy atom. The van der Waals surface area contributed by atoms with E-state index in [1.165, 1.54) is 11.8 Å². The molecule has 0 saturated heterocycles. The largest absolute Gasteiger partial charge is 0.497 e. The van der Waals surface area contributed by atoms with Crippen molar-refractivity contribution in [3.8, 4) is 11.5 Å². The molecule has 0 aliphatic carbocycles. The molecule has 32 heavy (non-hydrogen) atoms. The van der Waals surface area contributed by atoms with Crippen LogP contribution < -0.4 is 14.8 Å². The molecule has 8 heteroatoms. The Kier molecular flexibility index (Phi) is 7.14. The van der Waals surface area contributed by atoms with Gasteiger partial charge in [0.15, 0.2) is 5.78 Å². The number of esters is 1. The van der Waals surface area contributed by atoms with Gasteiger partial charge in [-0.05, 0) is 55.8 Å². The van der Waals surface area contributed by atoms with E-state index in [9.17, 15) is 14.4 Å². The minimum absolute atomic E-state index is 0.0376. The van der Waals surface area contributed by atoms with Gasteiger partial charge in [0.05, 0.1) is 31.0 Å². The number of hydrogen-bond donors (Lipinski definition) is 1. The van der Waals surface area contributed by atoms with Gasteiger partial charge in [-0.1, -0.05) is 12.1 Å². The maximum absolute atomic E-state index is 12.9. The molecular weight excluding hydrogens is 412 g/mol. The van der Waals surface area contributed by atoms with Gasteiger partial charge in [-0.25, -0.2) is 9.59 Å². The number of carbonyl (C=O) groups excluding carboxylic acids is 3. The predicted octanol–water partition coefficient (Wildman–Crippen LogP) is 3.49. The fourth-order valence-electron chi connectivity index (χ4n) is 3.37. The van der Waals surface area contributed by atoms with E-state index in [0.717, 1.165) is 0 Å². The van der Waals surface area contributed by atoms with Crippen molar-refractivity contribution in [3.05, 3.63) is 70.9 Å². The second-order valence-corrected chi connectivity index (χ2v) is 7.16. The van der Waals surface area contributed by atoms with Crippen molar-refractivity contribution >= 4 is 17.8 Å². The molecule has 2 aromatic carbocycles. The van der Waals surface area contributed by atoms with Crippen molar-refractivity contribution in [2.24, 2.45) is 0 Å². The Labute approximate surface area is 186 Å². The second-order valence-electron chi connectivity index (χ2n) is 7.16. The van der Waals surface area contributed by atoms with Crippen molar-refractivity contribution in [1.82, 2.24) is 10.2 Å². The quantitative estimate of drug-likeness (QED) is 0.501. The van der Waals surface area contributed by atoms with Crippen LogP contribution >= 0.6 is 0 Å². The number of carbonyl (C=O) groups is 3. The molecule has 0 saturated carbocycles. The molecule has 1 heterocycles. The average Bonchev–Trinajstić information content (AvgIpc) is 2.80. The average molecular weight is 438 g/mol. The zero-order valence-corrected chi connectivity index (χ0v) is 18.5. The number of nitrogens with one attached hydrogen (secondary N) is 1. The van der Waals surface area contributed by atoms with Crippen LogP contribution in [0.2, 0.25) is 0 Å². The Morgan fingerprint density at radius 1 is 1.03 bits per heavy atom. The van der Waals surface area contributed by atoms with Gasteiger partial charge in [0.1, 0.15) is 18.1 Å². The van der Waals surface area contributed by atoms with Crippen LogP contribution in [-0.2, 0) is 9.53 Å². The van der Waals surface area contributed by atoms with Crippen molar-refractivity contribution in [2.75, 3.05) is 27.4 Å². The van der Waals surface area contributed by atoms with Gasteiger partial charge in [-0.2, -0.15) is 0 Å². The Bertz CT molecular complexity index is 1030. The fourth-order valence-corrected chi connectivity index (χ4v) is 3.37. The highest BCUT2D eigenvalue weighted by atomic mass is 16.5. The molecule has 1 atom stereocenters. The summed E-state index contributed by atoms with van der Waals surface area (Å²) in [6, 6.07) is 12.7. The summed E-state index contributed by atoms with van der Waals surface area (Å²) in [6.07, 6.45) is 0. The molecule has 0 spiro atoms. The highest BCUT2D eigenvalue weighted by Crippen LogP contribution is 2.32. The Hall–Kier alpha value is -3.81. The van der Waals surface area contributed by atoms with Crippen LogP contribution in [-0.4, -0.2) is 50.1 Å². The van der Waals surface area contributed by atoms with Crippen molar-refractivity contribution < 1.29 is 28.6 Å². The first-order valence-corrected chi connectivity index (χ1v) is 10.2. The molecule has 168 valence electrons. The van der Waals surface area contributed by atoms with Crippen molar-refractivity contribution in [2.45, 2.75) is 19.9 Å². The summed E-state index contributed by atoms with van der Waals surface area (Å²) in [7, 11) is 3.13. The van der Waals surface area contributed by atoms with Gasteiger partial charge < -0.3 is 19.5 Å². The van der Waals surface area contributed by atoms with E-state index in [2.05, 4.69) is 5.32 Å². The molecule has 1 aliphatic heterocycles. The summed E-state index contributed by atoms with van der Waals surface area (Å²) >= 11 is 0. The number of ketones is 1. The maximum Gasteiger partial charge on any atom is 0.338 e. The summed E-state index contributed by atoms with van der Waals surface area (Å²) in [6.45, 7) is 3.36. The number of amides is 2. The number of benzene rings is 2. The minimum atomic E-state index is -0.706. The van der Waals surface area contributed by atoms with Crippen molar-refractivity contribution in [3.63, 3.8) is 0 Å². The molecule has 1 aliphatic rings. The van der Waals surface area contributed by atoms with Crippen LogP contribution in [0.25, 0.3) is 0 Å². The molecule has 2 amide bonds. The topological polar surface area (TPSA) is 94.2 Å². The number of rotatable bonds is 8. The van der Waals surface area contributed by atoms with Gasteiger partial charge in [0, 0.05) is 12.6 Å². The predicted molar refractivity (Wildman–Crippen MR) is 118 cm³/mol. The summed E-state index contributed by atoms with van der Waals surface area (Å²) in [5.41, 5.74) is 1.96. The lowest BCUT2D eigenvalue weighted by Gasteiger charge is -2.34. The van der Waals surface area contributed by atoms with Gasteiger partial charge >= 0.3 is 12.0 Å². The Morgan fingerprint density at radius 2 is 1.66 bits per heavy atom. The lowest BCUT2D eigenvalue weighted by molar-refractivity contribution is -0.139. The molecule has 1 N–H and O–H groups in total. The van der Waals surface area contributed by atoms with Gasteiger partial charge in [0.2, 0.25) is 0 Å². The highest BCUT2D eigenvalue weighted by molar-refractivity contribution is 5.95. The first kappa shape index (κ1) is 22.9. The molecule has 0 aromatic heterocycles. The number of urea groups is 1. The third kappa shape index (κ3) is 4.91. The first-order chi connectivity index (χ1) is 15.3. The molecule has 2 aromatic rings. The number of methoxy groups -OCH3 is 1. The second kappa shape index (κ2) is 10.00. The van der Waals surface area contributed by atoms with E-state index < -0.39 is 12.0 Å². The summed E-state index contributed by atoms with van der Waals surface area (Å²) in [4.78, 5) is 38.4. The van der Waals surface area contributed by atoms with E-state index in [-0.39, 0.29) is 25.0 Å². The van der Waals surface area contributed by atoms with E-state index in [1.54, 1.807) is 69.6 Å². The molecule has 3 rings (SSSR count). The normalized spacial score (nSPS) is 15.8. The molecule has 8 nitrogen and oxygen atoms in total. The van der Waals surface area contributed by atoms with Gasteiger partial charge in [0.25, 0.3) is 0 Å². The number of nitrogens with zero attached hydrogens (tertiary/aromatic N) is 1. The van der Waals surface area contributed by atoms with E-state index in [4.69, 9.17) is 14.2 Å². The number of hydrogen-bond acceptors (Lipinski definition) is 6. The fraction of sp³-hybridized carbons (Fsp3) is 0.292.